The van der Waals surface area contributed by atoms with Gasteiger partial charge in [-0.2, -0.15) is 0 Å². The van der Waals surface area contributed by atoms with Gasteiger partial charge in [0.15, 0.2) is 0 Å². The molecule has 0 amide bonds. The maximum absolute atomic E-state index is 13.2. The number of ether oxygens (including phenoxy) is 1. The van der Waals surface area contributed by atoms with Gasteiger partial charge in [-0.15, -0.1) is 0 Å². The largest absolute Gasteiger partial charge is 0.480 e. The summed E-state index contributed by atoms with van der Waals surface area (Å²) in [6.45, 7) is 0.196. The summed E-state index contributed by atoms with van der Waals surface area (Å²) < 4.78 is 17.9. The second-order valence-electron chi connectivity index (χ2n) is 3.77. The Balaban J connectivity index is 2.89. The van der Waals surface area contributed by atoms with E-state index < -0.39 is 28.4 Å². The van der Waals surface area contributed by atoms with Crippen molar-refractivity contribution in [1.29, 1.82) is 0 Å². The average Bonchev–Trinajstić information content (AvgIpc) is 2.33. The fourth-order valence-corrected chi connectivity index (χ4v) is 1.46. The number of halogens is 1. The molecule has 0 fully saturated rings. The molecule has 1 rings (SSSR count). The molecule has 8 heteroatoms. The minimum atomic E-state index is -1.15. The molecule has 0 saturated carbocycles. The monoisotopic (exact) mass is 272 g/mol. The van der Waals surface area contributed by atoms with Crippen LogP contribution in [0.4, 0.5) is 15.8 Å². The van der Waals surface area contributed by atoms with Gasteiger partial charge in [-0.3, -0.25) is 10.1 Å². The highest BCUT2D eigenvalue weighted by atomic mass is 19.1. The minimum absolute atomic E-state index is 0.0372. The summed E-state index contributed by atoms with van der Waals surface area (Å²) in [4.78, 5) is 20.8. The quantitative estimate of drug-likeness (QED) is 0.578. The van der Waals surface area contributed by atoms with E-state index in [9.17, 15) is 19.3 Å². The normalized spacial score (nSPS) is 11.9. The van der Waals surface area contributed by atoms with Gasteiger partial charge >= 0.3 is 5.97 Å². The van der Waals surface area contributed by atoms with E-state index >= 15 is 0 Å². The van der Waals surface area contributed by atoms with E-state index in [2.05, 4.69) is 5.32 Å². The molecular weight excluding hydrogens is 259 g/mol. The second-order valence-corrected chi connectivity index (χ2v) is 3.77. The molecule has 0 aliphatic carbocycles. The van der Waals surface area contributed by atoms with Crippen LogP contribution in [0.1, 0.15) is 6.42 Å². The number of methoxy groups -OCH3 is 1. The van der Waals surface area contributed by atoms with Gasteiger partial charge in [-0.05, 0) is 6.07 Å². The lowest BCUT2D eigenvalue weighted by molar-refractivity contribution is -0.385. The number of carboxylic acids is 1. The number of carbonyl (C=O) groups is 1. The standard InChI is InChI=1S/C11H13FN2O5/c1-19-3-2-10(11(15)16)13-8-4-7(12)5-9(6-8)14(17)18/h4-6,10,13H,2-3H2,1H3,(H,15,16). The summed E-state index contributed by atoms with van der Waals surface area (Å²) in [5, 5.41) is 22.1. The molecule has 0 heterocycles. The van der Waals surface area contributed by atoms with Crippen LogP contribution in [0.15, 0.2) is 18.2 Å². The maximum Gasteiger partial charge on any atom is 0.326 e. The fourth-order valence-electron chi connectivity index (χ4n) is 1.46. The second kappa shape index (κ2) is 6.64. The predicted molar refractivity (Wildman–Crippen MR) is 64.6 cm³/mol. The summed E-state index contributed by atoms with van der Waals surface area (Å²) in [5.41, 5.74) is -0.409. The number of nitro benzene ring substituents is 1. The van der Waals surface area contributed by atoms with Crippen LogP contribution in [0.2, 0.25) is 0 Å². The number of aliphatic carboxylic acids is 1. The Kier molecular flexibility index (Phi) is 5.19. The molecule has 19 heavy (non-hydrogen) atoms. The van der Waals surface area contributed by atoms with Gasteiger partial charge < -0.3 is 15.2 Å². The Morgan fingerprint density at radius 3 is 2.79 bits per heavy atom. The van der Waals surface area contributed by atoms with Gasteiger partial charge in [-0.25, -0.2) is 9.18 Å². The SMILES string of the molecule is COCCC(Nc1cc(F)cc([N+](=O)[O-])c1)C(=O)O. The molecule has 2 N–H and O–H groups in total. The summed E-state index contributed by atoms with van der Waals surface area (Å²) in [6.07, 6.45) is 0.149. The van der Waals surface area contributed by atoms with Crippen LogP contribution in [0.25, 0.3) is 0 Å². The van der Waals surface area contributed by atoms with Crippen molar-refractivity contribution in [3.05, 3.63) is 34.1 Å². The first-order valence-corrected chi connectivity index (χ1v) is 5.37. The third kappa shape index (κ3) is 4.51. The number of non-ortho nitro benzene ring substituents is 1. The van der Waals surface area contributed by atoms with Crippen molar-refractivity contribution in [1.82, 2.24) is 0 Å². The van der Waals surface area contributed by atoms with Crippen molar-refractivity contribution in [2.45, 2.75) is 12.5 Å². The molecule has 1 unspecified atom stereocenters. The van der Waals surface area contributed by atoms with Crippen LogP contribution >= 0.6 is 0 Å². The van der Waals surface area contributed by atoms with Crippen molar-refractivity contribution in [3.8, 4) is 0 Å². The third-order valence-electron chi connectivity index (χ3n) is 2.34. The molecule has 0 aromatic heterocycles. The summed E-state index contributed by atoms with van der Waals surface area (Å²) >= 11 is 0. The lowest BCUT2D eigenvalue weighted by atomic mass is 10.2. The van der Waals surface area contributed by atoms with Crippen molar-refractivity contribution >= 4 is 17.3 Å². The zero-order chi connectivity index (χ0) is 14.4. The van der Waals surface area contributed by atoms with E-state index in [0.29, 0.717) is 0 Å². The third-order valence-corrected chi connectivity index (χ3v) is 2.34. The molecule has 0 spiro atoms. The van der Waals surface area contributed by atoms with Crippen LogP contribution in [0.5, 0.6) is 0 Å². The number of nitro groups is 1. The Bertz CT molecular complexity index is 480. The first-order valence-electron chi connectivity index (χ1n) is 5.37. The lowest BCUT2D eigenvalue weighted by Gasteiger charge is -2.15. The minimum Gasteiger partial charge on any atom is -0.480 e. The van der Waals surface area contributed by atoms with Crippen molar-refractivity contribution in [3.63, 3.8) is 0 Å². The fraction of sp³-hybridized carbons (Fsp3) is 0.364. The zero-order valence-electron chi connectivity index (χ0n) is 10.1. The first kappa shape index (κ1) is 14.8. The van der Waals surface area contributed by atoms with Gasteiger partial charge in [0.05, 0.1) is 11.0 Å². The van der Waals surface area contributed by atoms with E-state index in [-0.39, 0.29) is 18.7 Å². The number of hydrogen-bond donors (Lipinski definition) is 2. The van der Waals surface area contributed by atoms with E-state index in [1.54, 1.807) is 0 Å². The highest BCUT2D eigenvalue weighted by Gasteiger charge is 2.18. The van der Waals surface area contributed by atoms with Crippen molar-refractivity contribution < 1.29 is 24.0 Å². The van der Waals surface area contributed by atoms with Gasteiger partial charge in [0.2, 0.25) is 0 Å². The van der Waals surface area contributed by atoms with E-state index in [1.807, 2.05) is 0 Å². The van der Waals surface area contributed by atoms with Crippen molar-refractivity contribution in [2.75, 3.05) is 19.0 Å². The van der Waals surface area contributed by atoms with Crippen LogP contribution in [-0.2, 0) is 9.53 Å². The number of nitrogens with one attached hydrogen (secondary N) is 1. The molecule has 0 radical (unpaired) electrons. The molecule has 1 atom stereocenters. The number of anilines is 1. The average molecular weight is 272 g/mol. The Hall–Kier alpha value is -2.22. The highest BCUT2D eigenvalue weighted by molar-refractivity contribution is 5.77. The van der Waals surface area contributed by atoms with E-state index in [4.69, 9.17) is 9.84 Å². The molecular formula is C11H13FN2O5. The molecule has 1 aromatic rings. The van der Waals surface area contributed by atoms with Crippen LogP contribution in [0, 0.1) is 15.9 Å². The molecule has 7 nitrogen and oxygen atoms in total. The molecule has 104 valence electrons. The molecule has 0 saturated heterocycles. The van der Waals surface area contributed by atoms with Gasteiger partial charge in [0.25, 0.3) is 5.69 Å². The van der Waals surface area contributed by atoms with Gasteiger partial charge in [-0.1, -0.05) is 0 Å². The van der Waals surface area contributed by atoms with E-state index in [1.165, 1.54) is 7.11 Å². The number of nitrogens with zero attached hydrogens (tertiary/aromatic N) is 1. The number of benzene rings is 1. The Labute approximate surface area is 108 Å². The Morgan fingerprint density at radius 1 is 1.58 bits per heavy atom. The van der Waals surface area contributed by atoms with Crippen LogP contribution < -0.4 is 5.32 Å². The molecule has 0 bridgehead atoms. The maximum atomic E-state index is 13.2. The zero-order valence-corrected chi connectivity index (χ0v) is 10.1. The van der Waals surface area contributed by atoms with Crippen LogP contribution in [0.3, 0.4) is 0 Å². The van der Waals surface area contributed by atoms with Gasteiger partial charge in [0.1, 0.15) is 11.9 Å². The smallest absolute Gasteiger partial charge is 0.326 e. The van der Waals surface area contributed by atoms with E-state index in [0.717, 1.165) is 18.2 Å². The van der Waals surface area contributed by atoms with Crippen LogP contribution in [-0.4, -0.2) is 35.8 Å². The number of carboxylic acid groups (broad SMARTS) is 1. The lowest BCUT2D eigenvalue weighted by Crippen LogP contribution is -2.30. The predicted octanol–water partition coefficient (Wildman–Crippen LogP) is 1.64. The summed E-state index contributed by atoms with van der Waals surface area (Å²) in [6, 6.07) is 1.82. The Morgan fingerprint density at radius 2 is 2.26 bits per heavy atom. The summed E-state index contributed by atoms with van der Waals surface area (Å²) in [5.74, 6) is -1.96. The number of rotatable bonds is 7. The van der Waals surface area contributed by atoms with Crippen molar-refractivity contribution in [2.24, 2.45) is 0 Å². The topological polar surface area (TPSA) is 102 Å². The molecule has 0 aliphatic heterocycles. The highest BCUT2D eigenvalue weighted by Crippen LogP contribution is 2.21. The molecule has 0 aliphatic rings. The first-order chi connectivity index (χ1) is 8.93. The number of hydrogen-bond acceptors (Lipinski definition) is 5. The van der Waals surface area contributed by atoms with Gasteiger partial charge in [0, 0.05) is 31.9 Å². The molecule has 1 aromatic carbocycles. The summed E-state index contributed by atoms with van der Waals surface area (Å²) in [7, 11) is 1.42.